The Kier molecular flexibility index (Phi) is 15.3. The molecule has 0 heterocycles. The Balaban J connectivity index is 3.36. The van der Waals surface area contributed by atoms with Gasteiger partial charge in [0.1, 0.15) is 8.28 Å². The lowest BCUT2D eigenvalue weighted by molar-refractivity contribution is -0.138. The van der Waals surface area contributed by atoms with E-state index < -0.39 is 10.7 Å². The van der Waals surface area contributed by atoms with Crippen molar-refractivity contribution in [3.8, 4) is 0 Å². The van der Waals surface area contributed by atoms with E-state index >= 15 is 0 Å². The molecule has 0 saturated carbocycles. The molecule has 0 amide bonds. The highest BCUT2D eigenvalue weighted by Gasteiger charge is 2.29. The summed E-state index contributed by atoms with van der Waals surface area (Å²) >= 11 is 6.51. The van der Waals surface area contributed by atoms with Gasteiger partial charge in [0.25, 0.3) is 0 Å². The van der Waals surface area contributed by atoms with Crippen molar-refractivity contribution in [1.29, 1.82) is 0 Å². The van der Waals surface area contributed by atoms with E-state index in [-0.39, 0.29) is 0 Å². The molecule has 0 rings (SSSR count). The number of aliphatic carboxylic acids is 1. The summed E-state index contributed by atoms with van der Waals surface area (Å²) in [5, 5.41) is 9.07. The molecular formula is C17H32O2S4. The number of thioether (sulfide) groups is 1. The van der Waals surface area contributed by atoms with E-state index in [1.165, 1.54) is 76.0 Å². The topological polar surface area (TPSA) is 37.3 Å². The average Bonchev–Trinajstić information content (AvgIpc) is 2.47. The minimum absolute atomic E-state index is 0.717. The van der Waals surface area contributed by atoms with Crippen LogP contribution in [-0.2, 0) is 4.79 Å². The fraction of sp³-hybridized carbons (Fsp3) is 0.882. The lowest BCUT2D eigenvalue weighted by atomic mass is 10.1. The van der Waals surface area contributed by atoms with Gasteiger partial charge in [-0.3, -0.25) is 4.79 Å². The van der Waals surface area contributed by atoms with Gasteiger partial charge in [-0.25, -0.2) is 0 Å². The molecule has 0 aliphatic carbocycles. The molecule has 6 heteroatoms. The van der Waals surface area contributed by atoms with Gasteiger partial charge >= 0.3 is 5.97 Å². The number of carboxylic acid groups (broad SMARTS) is 1. The van der Waals surface area contributed by atoms with E-state index in [1.807, 2.05) is 0 Å². The van der Waals surface area contributed by atoms with Crippen LogP contribution in [0.15, 0.2) is 0 Å². The Morgan fingerprint density at radius 2 is 1.43 bits per heavy atom. The Morgan fingerprint density at radius 1 is 0.957 bits per heavy atom. The highest BCUT2D eigenvalue weighted by molar-refractivity contribution is 8.88. The first-order valence-corrected chi connectivity index (χ1v) is 12.2. The number of rotatable bonds is 14. The van der Waals surface area contributed by atoms with E-state index in [4.69, 9.17) is 17.3 Å². The molecule has 2 nitrogen and oxygen atoms in total. The van der Waals surface area contributed by atoms with Gasteiger partial charge in [0, 0.05) is 5.75 Å². The highest BCUT2D eigenvalue weighted by Crippen LogP contribution is 2.36. The van der Waals surface area contributed by atoms with Crippen LogP contribution < -0.4 is 0 Å². The number of hydrogen-bond acceptors (Lipinski definition) is 5. The summed E-state index contributed by atoms with van der Waals surface area (Å²) in [6.45, 7) is 5.65. The maximum Gasteiger partial charge on any atom is 0.319 e. The Labute approximate surface area is 160 Å². The molecule has 0 aliphatic rings. The lowest BCUT2D eigenvalue weighted by Crippen LogP contribution is -2.27. The van der Waals surface area contributed by atoms with Gasteiger partial charge in [0.15, 0.2) is 0 Å². The zero-order valence-corrected chi connectivity index (χ0v) is 18.0. The van der Waals surface area contributed by atoms with Crippen LogP contribution in [0, 0.1) is 0 Å². The van der Waals surface area contributed by atoms with Crippen molar-refractivity contribution in [2.75, 3.05) is 5.75 Å². The standard InChI is InChI=1S/C17H32O2S4/c1-4-5-6-7-8-9-10-11-12-13-14-21-23-16(20)22-17(2,3)15(18)19/h4-14H2,1-3H3,(H,18,19). The second kappa shape index (κ2) is 14.9. The first kappa shape index (κ1) is 23.6. The molecule has 0 aromatic heterocycles. The van der Waals surface area contributed by atoms with Crippen molar-refractivity contribution in [2.45, 2.75) is 89.7 Å². The van der Waals surface area contributed by atoms with Gasteiger partial charge < -0.3 is 5.11 Å². The van der Waals surface area contributed by atoms with Crippen LogP contribution in [0.25, 0.3) is 0 Å². The first-order valence-electron chi connectivity index (χ1n) is 8.66. The second-order valence-electron chi connectivity index (χ2n) is 6.25. The van der Waals surface area contributed by atoms with E-state index in [0.29, 0.717) is 0 Å². The molecule has 0 fully saturated rings. The minimum atomic E-state index is -0.832. The number of thiocarbonyl (C=S) groups is 1. The Hall–Kier alpha value is 0.610. The lowest BCUT2D eigenvalue weighted by Gasteiger charge is -2.17. The molecule has 0 radical (unpaired) electrons. The zero-order chi connectivity index (χ0) is 17.6. The van der Waals surface area contributed by atoms with Gasteiger partial charge in [-0.2, -0.15) is 0 Å². The molecule has 0 aromatic carbocycles. The van der Waals surface area contributed by atoms with E-state index in [2.05, 4.69) is 6.92 Å². The predicted octanol–water partition coefficient (Wildman–Crippen LogP) is 7.17. The molecule has 0 saturated heterocycles. The van der Waals surface area contributed by atoms with Crippen molar-refractivity contribution in [1.82, 2.24) is 0 Å². The van der Waals surface area contributed by atoms with Crippen molar-refractivity contribution in [3.63, 3.8) is 0 Å². The minimum Gasteiger partial charge on any atom is -0.480 e. The molecule has 0 atom stereocenters. The van der Waals surface area contributed by atoms with Crippen molar-refractivity contribution in [2.24, 2.45) is 0 Å². The summed E-state index contributed by atoms with van der Waals surface area (Å²) in [5.74, 6) is 0.278. The largest absolute Gasteiger partial charge is 0.480 e. The normalized spacial score (nSPS) is 11.6. The van der Waals surface area contributed by atoms with Crippen LogP contribution in [0.5, 0.6) is 0 Å². The quantitative estimate of drug-likeness (QED) is 0.190. The van der Waals surface area contributed by atoms with Crippen molar-refractivity contribution in [3.05, 3.63) is 0 Å². The molecule has 0 unspecified atom stereocenters. The fourth-order valence-electron chi connectivity index (χ4n) is 2.01. The third-order valence-corrected chi connectivity index (χ3v) is 8.11. The van der Waals surface area contributed by atoms with Gasteiger partial charge in [0.05, 0.1) is 0 Å². The van der Waals surface area contributed by atoms with Crippen molar-refractivity contribution < 1.29 is 9.90 Å². The smallest absolute Gasteiger partial charge is 0.319 e. The van der Waals surface area contributed by atoms with Gasteiger partial charge in [-0.15, -0.1) is 0 Å². The summed E-state index contributed by atoms with van der Waals surface area (Å²) in [7, 11) is 3.30. The summed E-state index contributed by atoms with van der Waals surface area (Å²) < 4.78 is -0.114. The fourth-order valence-corrected chi connectivity index (χ4v) is 6.46. The van der Waals surface area contributed by atoms with Crippen LogP contribution in [0.4, 0.5) is 0 Å². The van der Waals surface area contributed by atoms with Crippen molar-refractivity contribution >= 4 is 55.1 Å². The molecule has 23 heavy (non-hydrogen) atoms. The predicted molar refractivity (Wildman–Crippen MR) is 114 cm³/mol. The molecule has 0 spiro atoms. The number of carbonyl (C=O) groups is 1. The summed E-state index contributed by atoms with van der Waals surface area (Å²) in [4.78, 5) is 11.0. The SMILES string of the molecule is CCCCCCCCCCCCSSC(=S)SC(C)(C)C(=O)O. The summed E-state index contributed by atoms with van der Waals surface area (Å²) in [5.41, 5.74) is 0. The van der Waals surface area contributed by atoms with Gasteiger partial charge in [-0.1, -0.05) is 99.5 Å². The number of hydrogen-bond donors (Lipinski definition) is 1. The van der Waals surface area contributed by atoms with Gasteiger partial charge in [-0.05, 0) is 31.1 Å². The maximum atomic E-state index is 11.0. The zero-order valence-electron chi connectivity index (χ0n) is 14.8. The molecule has 136 valence electrons. The molecule has 0 bridgehead atoms. The van der Waals surface area contributed by atoms with E-state index in [1.54, 1.807) is 35.4 Å². The van der Waals surface area contributed by atoms with Crippen LogP contribution in [0.1, 0.15) is 85.0 Å². The van der Waals surface area contributed by atoms with Crippen LogP contribution in [-0.4, -0.2) is 25.1 Å². The highest BCUT2D eigenvalue weighted by atomic mass is 33.1. The van der Waals surface area contributed by atoms with E-state index in [0.717, 1.165) is 9.28 Å². The monoisotopic (exact) mass is 396 g/mol. The third kappa shape index (κ3) is 14.6. The molecule has 1 N–H and O–H groups in total. The molecule has 0 aliphatic heterocycles. The molecular weight excluding hydrogens is 364 g/mol. The Morgan fingerprint density at radius 3 is 1.91 bits per heavy atom. The van der Waals surface area contributed by atoms with Crippen LogP contribution in [0.3, 0.4) is 0 Å². The van der Waals surface area contributed by atoms with Gasteiger partial charge in [0.2, 0.25) is 0 Å². The summed E-state index contributed by atoms with van der Waals surface area (Å²) in [6, 6.07) is 0. The molecule has 0 aromatic rings. The summed E-state index contributed by atoms with van der Waals surface area (Å²) in [6.07, 6.45) is 13.5. The average molecular weight is 397 g/mol. The van der Waals surface area contributed by atoms with Crippen LogP contribution in [0.2, 0.25) is 0 Å². The maximum absolute atomic E-state index is 11.0. The van der Waals surface area contributed by atoms with Crippen LogP contribution >= 0.6 is 45.6 Å². The first-order chi connectivity index (χ1) is 10.9. The second-order valence-corrected chi connectivity index (χ2v) is 11.5. The van der Waals surface area contributed by atoms with E-state index in [9.17, 15) is 4.79 Å². The number of carboxylic acids is 1. The Bertz CT molecular complexity index is 333. The number of unbranched alkanes of at least 4 members (excludes halogenated alkanes) is 9. The third-order valence-electron chi connectivity index (χ3n) is 3.56.